The molecule has 25 heavy (non-hydrogen) atoms. The second-order valence-electron chi connectivity index (χ2n) is 6.55. The van der Waals surface area contributed by atoms with Crippen molar-refractivity contribution in [2.24, 2.45) is 0 Å². The smallest absolute Gasteiger partial charge is 0.225 e. The van der Waals surface area contributed by atoms with Crippen LogP contribution in [-0.4, -0.2) is 57.4 Å². The third kappa shape index (κ3) is 5.52. The molecular weight excluding hydrogens is 364 g/mol. The third-order valence-corrected chi connectivity index (χ3v) is 7.34. The van der Waals surface area contributed by atoms with Gasteiger partial charge in [-0.3, -0.25) is 4.79 Å². The van der Waals surface area contributed by atoms with Crippen LogP contribution in [0.25, 0.3) is 0 Å². The Hall–Kier alpha value is -1.45. The van der Waals surface area contributed by atoms with E-state index in [0.29, 0.717) is 5.69 Å². The van der Waals surface area contributed by atoms with Gasteiger partial charge in [0, 0.05) is 24.7 Å². The summed E-state index contributed by atoms with van der Waals surface area (Å²) in [6, 6.07) is 5.05. The van der Waals surface area contributed by atoms with E-state index in [1.165, 1.54) is 0 Å². The third-order valence-electron chi connectivity index (χ3n) is 4.26. The second kappa shape index (κ2) is 7.43. The van der Waals surface area contributed by atoms with Crippen LogP contribution in [0.15, 0.2) is 18.2 Å². The van der Waals surface area contributed by atoms with Crippen molar-refractivity contribution in [2.45, 2.75) is 32.7 Å². The van der Waals surface area contributed by atoms with Gasteiger partial charge in [0.1, 0.15) is 0 Å². The number of benzene rings is 1. The highest BCUT2D eigenvalue weighted by atomic mass is 32.2. The first kappa shape index (κ1) is 19.9. The quantitative estimate of drug-likeness (QED) is 0.786. The predicted molar refractivity (Wildman–Crippen MR) is 97.8 cm³/mol. The number of amides is 1. The van der Waals surface area contributed by atoms with E-state index >= 15 is 0 Å². The molecule has 1 unspecified atom stereocenters. The van der Waals surface area contributed by atoms with Crippen LogP contribution in [0.2, 0.25) is 0 Å². The molecule has 1 aromatic rings. The van der Waals surface area contributed by atoms with Crippen molar-refractivity contribution in [1.29, 1.82) is 0 Å². The van der Waals surface area contributed by atoms with Crippen molar-refractivity contribution >= 4 is 31.5 Å². The Balaban J connectivity index is 2.02. The second-order valence-corrected chi connectivity index (χ2v) is 10.7. The standard InChI is InChI=1S/C16H24N2O5S2/c1-12-4-5-15(13(2)10-12)17-16(19)6-8-18(24(3,20)21)14-7-9-25(22,23)11-14/h4-5,10,14H,6-9,11H2,1-3H3,(H,17,19). The number of carbonyl (C=O) groups excluding carboxylic acids is 1. The molecule has 1 fully saturated rings. The van der Waals surface area contributed by atoms with Gasteiger partial charge in [-0.15, -0.1) is 0 Å². The van der Waals surface area contributed by atoms with E-state index in [1.807, 2.05) is 26.0 Å². The Morgan fingerprint density at radius 2 is 2.00 bits per heavy atom. The maximum atomic E-state index is 12.2. The monoisotopic (exact) mass is 388 g/mol. The fraction of sp³-hybridized carbons (Fsp3) is 0.562. The highest BCUT2D eigenvalue weighted by Gasteiger charge is 2.36. The molecule has 9 heteroatoms. The van der Waals surface area contributed by atoms with Gasteiger partial charge >= 0.3 is 0 Å². The van der Waals surface area contributed by atoms with Gasteiger partial charge < -0.3 is 5.32 Å². The molecule has 0 aromatic heterocycles. The van der Waals surface area contributed by atoms with Crippen LogP contribution in [0.3, 0.4) is 0 Å². The number of aryl methyl sites for hydroxylation is 2. The first-order valence-electron chi connectivity index (χ1n) is 8.02. The van der Waals surface area contributed by atoms with E-state index in [4.69, 9.17) is 0 Å². The molecule has 7 nitrogen and oxygen atoms in total. The molecule has 1 heterocycles. The molecule has 0 radical (unpaired) electrons. The van der Waals surface area contributed by atoms with Crippen LogP contribution in [0.5, 0.6) is 0 Å². The van der Waals surface area contributed by atoms with E-state index < -0.39 is 25.9 Å². The number of hydrogen-bond donors (Lipinski definition) is 1. The zero-order valence-corrected chi connectivity index (χ0v) is 16.3. The minimum Gasteiger partial charge on any atom is -0.326 e. The van der Waals surface area contributed by atoms with E-state index in [0.717, 1.165) is 21.7 Å². The Kier molecular flexibility index (Phi) is 5.90. The van der Waals surface area contributed by atoms with Gasteiger partial charge in [-0.05, 0) is 31.9 Å². The molecule has 0 bridgehead atoms. The van der Waals surface area contributed by atoms with Crippen LogP contribution in [0, 0.1) is 13.8 Å². The van der Waals surface area contributed by atoms with Crippen LogP contribution < -0.4 is 5.32 Å². The summed E-state index contributed by atoms with van der Waals surface area (Å²) in [7, 11) is -6.80. The summed E-state index contributed by atoms with van der Waals surface area (Å²) in [5, 5.41) is 2.77. The Morgan fingerprint density at radius 1 is 1.32 bits per heavy atom. The minimum atomic E-state index is -3.59. The van der Waals surface area contributed by atoms with Crippen molar-refractivity contribution in [2.75, 3.05) is 29.6 Å². The van der Waals surface area contributed by atoms with Crippen molar-refractivity contribution in [3.05, 3.63) is 29.3 Å². The lowest BCUT2D eigenvalue weighted by Crippen LogP contribution is -2.42. The molecule has 140 valence electrons. The van der Waals surface area contributed by atoms with Gasteiger partial charge in [0.05, 0.1) is 17.8 Å². The Morgan fingerprint density at radius 3 is 2.52 bits per heavy atom. The zero-order valence-electron chi connectivity index (χ0n) is 14.6. The molecule has 1 amide bonds. The number of hydrogen-bond acceptors (Lipinski definition) is 5. The average Bonchev–Trinajstić information content (AvgIpc) is 2.80. The summed E-state index contributed by atoms with van der Waals surface area (Å²) in [5.41, 5.74) is 2.70. The molecule has 1 saturated heterocycles. The van der Waals surface area contributed by atoms with Gasteiger partial charge in [-0.1, -0.05) is 17.7 Å². The minimum absolute atomic E-state index is 0.0154. The molecule has 0 saturated carbocycles. The van der Waals surface area contributed by atoms with Crippen molar-refractivity contribution < 1.29 is 21.6 Å². The van der Waals surface area contributed by atoms with Gasteiger partial charge in [-0.25, -0.2) is 16.8 Å². The maximum absolute atomic E-state index is 12.2. The molecule has 2 rings (SSSR count). The van der Waals surface area contributed by atoms with Gasteiger partial charge in [-0.2, -0.15) is 4.31 Å². The molecule has 1 atom stereocenters. The average molecular weight is 389 g/mol. The Bertz CT molecular complexity index is 863. The highest BCUT2D eigenvalue weighted by molar-refractivity contribution is 7.92. The van der Waals surface area contributed by atoms with E-state index in [1.54, 1.807) is 6.07 Å². The molecule has 1 aromatic carbocycles. The molecule has 1 N–H and O–H groups in total. The van der Waals surface area contributed by atoms with Crippen LogP contribution in [-0.2, 0) is 24.7 Å². The largest absolute Gasteiger partial charge is 0.326 e. The summed E-state index contributed by atoms with van der Waals surface area (Å²) < 4.78 is 48.4. The lowest BCUT2D eigenvalue weighted by atomic mass is 10.1. The van der Waals surface area contributed by atoms with Crippen molar-refractivity contribution in [3.8, 4) is 0 Å². The van der Waals surface area contributed by atoms with Crippen LogP contribution in [0.1, 0.15) is 24.0 Å². The molecule has 1 aliphatic heterocycles. The fourth-order valence-corrected chi connectivity index (χ4v) is 5.97. The molecule has 0 aliphatic carbocycles. The number of rotatable bonds is 6. The highest BCUT2D eigenvalue weighted by Crippen LogP contribution is 2.21. The summed E-state index contributed by atoms with van der Waals surface area (Å²) in [6.45, 7) is 3.81. The maximum Gasteiger partial charge on any atom is 0.225 e. The van der Waals surface area contributed by atoms with E-state index in [2.05, 4.69) is 5.32 Å². The lowest BCUT2D eigenvalue weighted by Gasteiger charge is -2.25. The first-order valence-corrected chi connectivity index (χ1v) is 11.7. The normalized spacial score (nSPS) is 19.9. The number of nitrogens with one attached hydrogen (secondary N) is 1. The van der Waals surface area contributed by atoms with Gasteiger partial charge in [0.2, 0.25) is 15.9 Å². The summed E-state index contributed by atoms with van der Waals surface area (Å²) in [6.07, 6.45) is 1.28. The number of nitrogens with zero attached hydrogens (tertiary/aromatic N) is 1. The van der Waals surface area contributed by atoms with E-state index in [-0.39, 0.29) is 36.8 Å². The molecule has 0 spiro atoms. The summed E-state index contributed by atoms with van der Waals surface area (Å²) in [4.78, 5) is 12.2. The number of sulfone groups is 1. The predicted octanol–water partition coefficient (Wildman–Crippen LogP) is 1.08. The summed E-state index contributed by atoms with van der Waals surface area (Å²) in [5.74, 6) is -0.501. The lowest BCUT2D eigenvalue weighted by molar-refractivity contribution is -0.116. The number of sulfonamides is 1. The van der Waals surface area contributed by atoms with Gasteiger partial charge in [0.15, 0.2) is 9.84 Å². The van der Waals surface area contributed by atoms with Gasteiger partial charge in [0.25, 0.3) is 0 Å². The molecule has 1 aliphatic rings. The van der Waals surface area contributed by atoms with Crippen LogP contribution in [0.4, 0.5) is 5.69 Å². The summed E-state index contributed by atoms with van der Waals surface area (Å²) >= 11 is 0. The van der Waals surface area contributed by atoms with Crippen molar-refractivity contribution in [1.82, 2.24) is 4.31 Å². The van der Waals surface area contributed by atoms with Crippen molar-refractivity contribution in [3.63, 3.8) is 0 Å². The van der Waals surface area contributed by atoms with Crippen LogP contribution >= 0.6 is 0 Å². The number of carbonyl (C=O) groups is 1. The van der Waals surface area contributed by atoms with E-state index in [9.17, 15) is 21.6 Å². The Labute approximate surface area is 149 Å². The first-order chi connectivity index (χ1) is 11.5. The SMILES string of the molecule is Cc1ccc(NC(=O)CCN(C2CCS(=O)(=O)C2)S(C)(=O)=O)c(C)c1. The molecular formula is C16H24N2O5S2. The topological polar surface area (TPSA) is 101 Å². The fourth-order valence-electron chi connectivity index (χ4n) is 3.00. The number of anilines is 1. The zero-order chi connectivity index (χ0) is 18.8.